The van der Waals surface area contributed by atoms with E-state index in [1.807, 2.05) is 12.1 Å². The number of rotatable bonds is 4. The summed E-state index contributed by atoms with van der Waals surface area (Å²) >= 11 is 0. The van der Waals surface area contributed by atoms with Crippen molar-refractivity contribution in [3.8, 4) is 0 Å². The molecule has 4 nitrogen and oxygen atoms in total. The van der Waals surface area contributed by atoms with Gasteiger partial charge in [-0.25, -0.2) is 0 Å². The Kier molecular flexibility index (Phi) is 3.97. The molecule has 2 N–H and O–H groups in total. The lowest BCUT2D eigenvalue weighted by Crippen LogP contribution is -2.44. The fourth-order valence-electron chi connectivity index (χ4n) is 3.09. The first-order chi connectivity index (χ1) is 10.2. The third kappa shape index (κ3) is 3.10. The van der Waals surface area contributed by atoms with Gasteiger partial charge < -0.3 is 15.3 Å². The van der Waals surface area contributed by atoms with Gasteiger partial charge in [0.15, 0.2) is 0 Å². The molecule has 0 saturated heterocycles. The summed E-state index contributed by atoms with van der Waals surface area (Å²) in [4.78, 5) is 14.4. The number of carbonyl (C=O) groups excluding carboxylic acids is 1. The SMILES string of the molecule is O=C(NCc1cccc(N2CC=CC2)c1)C1(O)CCCC1. The average molecular weight is 286 g/mol. The average Bonchev–Trinajstić information content (AvgIpc) is 3.17. The fraction of sp³-hybridized carbons (Fsp3) is 0.471. The van der Waals surface area contributed by atoms with Crippen molar-refractivity contribution < 1.29 is 9.90 Å². The number of benzene rings is 1. The highest BCUT2D eigenvalue weighted by Crippen LogP contribution is 2.29. The van der Waals surface area contributed by atoms with E-state index in [4.69, 9.17) is 0 Å². The second-order valence-corrected chi connectivity index (χ2v) is 5.97. The van der Waals surface area contributed by atoms with Crippen LogP contribution in [-0.2, 0) is 11.3 Å². The maximum Gasteiger partial charge on any atom is 0.252 e. The van der Waals surface area contributed by atoms with Crippen molar-refractivity contribution in [1.29, 1.82) is 0 Å². The van der Waals surface area contributed by atoms with Crippen LogP contribution in [0.5, 0.6) is 0 Å². The van der Waals surface area contributed by atoms with Gasteiger partial charge in [-0.3, -0.25) is 4.79 Å². The Balaban J connectivity index is 1.60. The molecular formula is C17H22N2O2. The third-order valence-corrected chi connectivity index (χ3v) is 4.40. The number of carbonyl (C=O) groups is 1. The smallest absolute Gasteiger partial charge is 0.252 e. The van der Waals surface area contributed by atoms with E-state index in [-0.39, 0.29) is 5.91 Å². The van der Waals surface area contributed by atoms with Gasteiger partial charge in [0.1, 0.15) is 5.60 Å². The molecule has 1 saturated carbocycles. The van der Waals surface area contributed by atoms with Crippen molar-refractivity contribution in [1.82, 2.24) is 5.32 Å². The Morgan fingerprint density at radius 3 is 2.67 bits per heavy atom. The van der Waals surface area contributed by atoms with Crippen LogP contribution in [0.15, 0.2) is 36.4 Å². The molecule has 1 heterocycles. The first-order valence-corrected chi connectivity index (χ1v) is 7.67. The summed E-state index contributed by atoms with van der Waals surface area (Å²) in [5.41, 5.74) is 1.09. The van der Waals surface area contributed by atoms with Gasteiger partial charge in [0.25, 0.3) is 5.91 Å². The molecular weight excluding hydrogens is 264 g/mol. The van der Waals surface area contributed by atoms with E-state index in [9.17, 15) is 9.90 Å². The van der Waals surface area contributed by atoms with Crippen LogP contribution >= 0.6 is 0 Å². The second-order valence-electron chi connectivity index (χ2n) is 5.97. The van der Waals surface area contributed by atoms with Gasteiger partial charge in [0.05, 0.1) is 0 Å². The van der Waals surface area contributed by atoms with E-state index in [0.717, 1.165) is 31.5 Å². The van der Waals surface area contributed by atoms with Crippen molar-refractivity contribution >= 4 is 11.6 Å². The topological polar surface area (TPSA) is 52.6 Å². The summed E-state index contributed by atoms with van der Waals surface area (Å²) < 4.78 is 0. The van der Waals surface area contributed by atoms with Crippen molar-refractivity contribution in [3.63, 3.8) is 0 Å². The van der Waals surface area contributed by atoms with E-state index in [1.165, 1.54) is 5.69 Å². The normalized spacial score (nSPS) is 20.0. The molecule has 1 fully saturated rings. The van der Waals surface area contributed by atoms with Crippen LogP contribution in [-0.4, -0.2) is 29.7 Å². The lowest BCUT2D eigenvalue weighted by Gasteiger charge is -2.22. The summed E-state index contributed by atoms with van der Waals surface area (Å²) in [7, 11) is 0. The summed E-state index contributed by atoms with van der Waals surface area (Å²) in [5, 5.41) is 13.1. The minimum Gasteiger partial charge on any atom is -0.380 e. The molecule has 0 radical (unpaired) electrons. The number of anilines is 1. The van der Waals surface area contributed by atoms with Crippen molar-refractivity contribution in [2.45, 2.75) is 37.8 Å². The van der Waals surface area contributed by atoms with E-state index < -0.39 is 5.60 Å². The van der Waals surface area contributed by atoms with E-state index in [2.05, 4.69) is 34.5 Å². The number of hydrogen-bond donors (Lipinski definition) is 2. The van der Waals surface area contributed by atoms with E-state index in [1.54, 1.807) is 0 Å². The van der Waals surface area contributed by atoms with Crippen LogP contribution in [0.25, 0.3) is 0 Å². The van der Waals surface area contributed by atoms with Crippen molar-refractivity contribution in [3.05, 3.63) is 42.0 Å². The molecule has 1 aromatic rings. The zero-order valence-corrected chi connectivity index (χ0v) is 12.2. The lowest BCUT2D eigenvalue weighted by molar-refractivity contribution is -0.139. The maximum absolute atomic E-state index is 12.1. The van der Waals surface area contributed by atoms with Crippen molar-refractivity contribution in [2.24, 2.45) is 0 Å². The van der Waals surface area contributed by atoms with Gasteiger partial charge in [0, 0.05) is 25.3 Å². The summed E-state index contributed by atoms with van der Waals surface area (Å²) in [6, 6.07) is 8.21. The van der Waals surface area contributed by atoms with Gasteiger partial charge in [-0.1, -0.05) is 24.3 Å². The molecule has 0 aromatic heterocycles. The number of nitrogens with zero attached hydrogens (tertiary/aromatic N) is 1. The predicted molar refractivity (Wildman–Crippen MR) is 83.1 cm³/mol. The molecule has 2 aliphatic rings. The highest BCUT2D eigenvalue weighted by molar-refractivity contribution is 5.85. The zero-order valence-electron chi connectivity index (χ0n) is 12.2. The second kappa shape index (κ2) is 5.90. The maximum atomic E-state index is 12.1. The highest BCUT2D eigenvalue weighted by Gasteiger charge is 2.38. The quantitative estimate of drug-likeness (QED) is 0.832. The van der Waals surface area contributed by atoms with Gasteiger partial charge in [-0.15, -0.1) is 0 Å². The summed E-state index contributed by atoms with van der Waals surface area (Å²) in [6.45, 7) is 2.35. The molecule has 0 atom stereocenters. The van der Waals surface area contributed by atoms with Gasteiger partial charge in [-0.05, 0) is 43.4 Å². The van der Waals surface area contributed by atoms with Crippen molar-refractivity contribution in [2.75, 3.05) is 18.0 Å². The molecule has 0 unspecified atom stereocenters. The molecule has 112 valence electrons. The molecule has 1 amide bonds. The number of nitrogens with one attached hydrogen (secondary N) is 1. The minimum absolute atomic E-state index is 0.228. The monoisotopic (exact) mass is 286 g/mol. The van der Waals surface area contributed by atoms with Crippen LogP contribution < -0.4 is 10.2 Å². The van der Waals surface area contributed by atoms with Crippen LogP contribution in [0.4, 0.5) is 5.69 Å². The lowest BCUT2D eigenvalue weighted by atomic mass is 10.0. The molecule has 21 heavy (non-hydrogen) atoms. The van der Waals surface area contributed by atoms with Gasteiger partial charge in [-0.2, -0.15) is 0 Å². The van der Waals surface area contributed by atoms with Crippen LogP contribution in [0.1, 0.15) is 31.2 Å². The Bertz CT molecular complexity index is 539. The summed E-state index contributed by atoms with van der Waals surface area (Å²) in [5.74, 6) is -0.228. The molecule has 1 aliphatic heterocycles. The standard InChI is InChI=1S/C17H22N2O2/c20-16(17(21)8-1-2-9-17)18-13-14-6-5-7-15(12-14)19-10-3-4-11-19/h3-7,12,21H,1-2,8-11,13H2,(H,18,20). The molecule has 0 spiro atoms. The minimum atomic E-state index is -1.14. The number of amides is 1. The van der Waals surface area contributed by atoms with E-state index >= 15 is 0 Å². The fourth-order valence-corrected chi connectivity index (χ4v) is 3.09. The van der Waals surface area contributed by atoms with Gasteiger partial charge in [0.2, 0.25) is 0 Å². The first-order valence-electron chi connectivity index (χ1n) is 7.67. The Morgan fingerprint density at radius 2 is 1.95 bits per heavy atom. The Morgan fingerprint density at radius 1 is 1.24 bits per heavy atom. The first kappa shape index (κ1) is 14.1. The molecule has 4 heteroatoms. The number of hydrogen-bond acceptors (Lipinski definition) is 3. The Hall–Kier alpha value is -1.81. The molecule has 3 rings (SSSR count). The molecule has 1 aromatic carbocycles. The molecule has 1 aliphatic carbocycles. The highest BCUT2D eigenvalue weighted by atomic mass is 16.3. The predicted octanol–water partition coefficient (Wildman–Crippen LogP) is 1.98. The summed E-state index contributed by atoms with van der Waals surface area (Å²) in [6.07, 6.45) is 7.34. The number of aliphatic hydroxyl groups is 1. The van der Waals surface area contributed by atoms with Crippen LogP contribution in [0, 0.1) is 0 Å². The van der Waals surface area contributed by atoms with E-state index in [0.29, 0.717) is 19.4 Å². The zero-order chi connectivity index (χ0) is 14.7. The Labute approximate surface area is 125 Å². The van der Waals surface area contributed by atoms with Crippen LogP contribution in [0.3, 0.4) is 0 Å². The van der Waals surface area contributed by atoms with Crippen LogP contribution in [0.2, 0.25) is 0 Å². The largest absolute Gasteiger partial charge is 0.380 e. The van der Waals surface area contributed by atoms with Gasteiger partial charge >= 0.3 is 0 Å². The molecule has 0 bridgehead atoms. The third-order valence-electron chi connectivity index (χ3n) is 4.40.